The van der Waals surface area contributed by atoms with Crippen molar-refractivity contribution < 1.29 is 18.3 Å². The van der Waals surface area contributed by atoms with Gasteiger partial charge in [0.2, 0.25) is 0 Å². The SMILES string of the molecule is CNc1c(F)cc(C(=O)NC2(C)CCOC2)cc1F. The van der Waals surface area contributed by atoms with Crippen LogP contribution in [-0.2, 0) is 4.74 Å². The van der Waals surface area contributed by atoms with Gasteiger partial charge in [-0.15, -0.1) is 0 Å². The van der Waals surface area contributed by atoms with Crippen molar-refractivity contribution in [2.45, 2.75) is 18.9 Å². The molecule has 0 bridgehead atoms. The number of halogens is 2. The monoisotopic (exact) mass is 270 g/mol. The van der Waals surface area contributed by atoms with Crippen LogP contribution in [0.15, 0.2) is 12.1 Å². The van der Waals surface area contributed by atoms with Gasteiger partial charge < -0.3 is 15.4 Å². The smallest absolute Gasteiger partial charge is 0.251 e. The van der Waals surface area contributed by atoms with Crippen LogP contribution in [0.25, 0.3) is 0 Å². The van der Waals surface area contributed by atoms with Crippen LogP contribution < -0.4 is 10.6 Å². The van der Waals surface area contributed by atoms with Crippen LogP contribution in [0, 0.1) is 11.6 Å². The molecule has 2 N–H and O–H groups in total. The lowest BCUT2D eigenvalue weighted by molar-refractivity contribution is 0.0889. The highest BCUT2D eigenvalue weighted by Gasteiger charge is 2.31. The first-order valence-corrected chi connectivity index (χ1v) is 6.02. The van der Waals surface area contributed by atoms with Gasteiger partial charge in [-0.2, -0.15) is 0 Å². The lowest BCUT2D eigenvalue weighted by Gasteiger charge is -2.23. The highest BCUT2D eigenvalue weighted by molar-refractivity contribution is 5.95. The summed E-state index contributed by atoms with van der Waals surface area (Å²) in [5, 5.41) is 5.15. The minimum Gasteiger partial charge on any atom is -0.383 e. The molecule has 1 fully saturated rings. The standard InChI is InChI=1S/C13H16F2N2O2/c1-13(3-4-19-7-13)17-12(18)8-5-9(14)11(16-2)10(15)6-8/h5-6,16H,3-4,7H2,1-2H3,(H,17,18). The van der Waals surface area contributed by atoms with Crippen LogP contribution in [0.3, 0.4) is 0 Å². The molecule has 1 aromatic rings. The summed E-state index contributed by atoms with van der Waals surface area (Å²) in [5.74, 6) is -2.09. The summed E-state index contributed by atoms with van der Waals surface area (Å²) in [5.41, 5.74) is -0.764. The number of carbonyl (C=O) groups is 1. The number of anilines is 1. The second-order valence-corrected chi connectivity index (χ2v) is 4.88. The first kappa shape index (κ1) is 13.7. The summed E-state index contributed by atoms with van der Waals surface area (Å²) < 4.78 is 32.4. The van der Waals surface area contributed by atoms with Gasteiger partial charge >= 0.3 is 0 Å². The van der Waals surface area contributed by atoms with Crippen molar-refractivity contribution in [3.8, 4) is 0 Å². The molecule has 19 heavy (non-hydrogen) atoms. The quantitative estimate of drug-likeness (QED) is 0.882. The molecular formula is C13H16F2N2O2. The molecule has 104 valence electrons. The maximum atomic E-state index is 13.6. The molecule has 1 amide bonds. The van der Waals surface area contributed by atoms with Crippen LogP contribution in [0.2, 0.25) is 0 Å². The van der Waals surface area contributed by atoms with E-state index in [0.29, 0.717) is 19.6 Å². The molecule has 1 aliphatic rings. The van der Waals surface area contributed by atoms with E-state index in [0.717, 1.165) is 12.1 Å². The minimum absolute atomic E-state index is 0.0397. The van der Waals surface area contributed by atoms with E-state index < -0.39 is 23.1 Å². The van der Waals surface area contributed by atoms with Crippen molar-refractivity contribution in [1.29, 1.82) is 0 Å². The zero-order chi connectivity index (χ0) is 14.0. The van der Waals surface area contributed by atoms with Crippen molar-refractivity contribution in [1.82, 2.24) is 5.32 Å². The summed E-state index contributed by atoms with van der Waals surface area (Å²) >= 11 is 0. The van der Waals surface area contributed by atoms with E-state index in [1.54, 1.807) is 0 Å². The van der Waals surface area contributed by atoms with E-state index >= 15 is 0 Å². The van der Waals surface area contributed by atoms with E-state index in [1.807, 2.05) is 6.92 Å². The molecule has 1 atom stereocenters. The molecule has 0 aliphatic carbocycles. The number of rotatable bonds is 3. The average molecular weight is 270 g/mol. The summed E-state index contributed by atoms with van der Waals surface area (Å²) in [7, 11) is 1.41. The van der Waals surface area contributed by atoms with Crippen molar-refractivity contribution in [2.24, 2.45) is 0 Å². The van der Waals surface area contributed by atoms with E-state index in [4.69, 9.17) is 4.74 Å². The van der Waals surface area contributed by atoms with E-state index in [9.17, 15) is 13.6 Å². The molecule has 1 unspecified atom stereocenters. The van der Waals surface area contributed by atoms with Crippen molar-refractivity contribution in [3.05, 3.63) is 29.3 Å². The van der Waals surface area contributed by atoms with Gasteiger partial charge in [0.05, 0.1) is 12.1 Å². The van der Waals surface area contributed by atoms with Gasteiger partial charge in [0.15, 0.2) is 0 Å². The first-order chi connectivity index (χ1) is 8.95. The summed E-state index contributed by atoms with van der Waals surface area (Å²) in [6, 6.07) is 2.03. The fourth-order valence-corrected chi connectivity index (χ4v) is 2.05. The van der Waals surface area contributed by atoms with Crippen LogP contribution >= 0.6 is 0 Å². The van der Waals surface area contributed by atoms with Crippen LogP contribution in [0.5, 0.6) is 0 Å². The van der Waals surface area contributed by atoms with Crippen LogP contribution in [-0.4, -0.2) is 31.7 Å². The predicted octanol–water partition coefficient (Wildman–Crippen LogP) is 1.92. The molecule has 0 radical (unpaired) electrons. The summed E-state index contributed by atoms with van der Waals surface area (Å²) in [4.78, 5) is 12.0. The zero-order valence-corrected chi connectivity index (χ0v) is 10.8. The van der Waals surface area contributed by atoms with Gasteiger partial charge in [-0.1, -0.05) is 0 Å². The Morgan fingerprint density at radius 1 is 1.37 bits per heavy atom. The van der Waals surface area contributed by atoms with E-state index in [2.05, 4.69) is 10.6 Å². The maximum Gasteiger partial charge on any atom is 0.251 e. The molecule has 4 nitrogen and oxygen atoms in total. The number of hydrogen-bond acceptors (Lipinski definition) is 3. The largest absolute Gasteiger partial charge is 0.383 e. The Kier molecular flexibility index (Phi) is 3.71. The number of ether oxygens (including phenoxy) is 1. The topological polar surface area (TPSA) is 50.4 Å². The van der Waals surface area contributed by atoms with E-state index in [1.165, 1.54) is 7.05 Å². The normalized spacial score (nSPS) is 22.3. The van der Waals surface area contributed by atoms with Crippen LogP contribution in [0.1, 0.15) is 23.7 Å². The van der Waals surface area contributed by atoms with Crippen molar-refractivity contribution in [3.63, 3.8) is 0 Å². The minimum atomic E-state index is -0.791. The van der Waals surface area contributed by atoms with Crippen LogP contribution in [0.4, 0.5) is 14.5 Å². The van der Waals surface area contributed by atoms with E-state index in [-0.39, 0.29) is 11.3 Å². The number of nitrogens with one attached hydrogen (secondary N) is 2. The Morgan fingerprint density at radius 2 is 2.00 bits per heavy atom. The van der Waals surface area contributed by atoms with Crippen molar-refractivity contribution in [2.75, 3.05) is 25.6 Å². The number of benzene rings is 1. The van der Waals surface area contributed by atoms with Crippen molar-refractivity contribution >= 4 is 11.6 Å². The molecule has 1 aliphatic heterocycles. The highest BCUT2D eigenvalue weighted by Crippen LogP contribution is 2.22. The fourth-order valence-electron chi connectivity index (χ4n) is 2.05. The molecule has 1 aromatic carbocycles. The molecule has 1 heterocycles. The summed E-state index contributed by atoms with van der Waals surface area (Å²) in [6.07, 6.45) is 0.679. The third kappa shape index (κ3) is 2.84. The lowest BCUT2D eigenvalue weighted by atomic mass is 10.0. The zero-order valence-electron chi connectivity index (χ0n) is 10.8. The summed E-state index contributed by atoms with van der Waals surface area (Å²) in [6.45, 7) is 2.81. The number of carbonyl (C=O) groups excluding carboxylic acids is 1. The van der Waals surface area contributed by atoms with Gasteiger partial charge in [0, 0.05) is 19.2 Å². The van der Waals surface area contributed by atoms with Gasteiger partial charge in [-0.05, 0) is 25.5 Å². The Balaban J connectivity index is 2.20. The molecule has 2 rings (SSSR count). The third-order valence-electron chi connectivity index (χ3n) is 3.19. The Morgan fingerprint density at radius 3 is 2.47 bits per heavy atom. The van der Waals surface area contributed by atoms with Gasteiger partial charge in [0.25, 0.3) is 5.91 Å². The third-order valence-corrected chi connectivity index (χ3v) is 3.19. The molecule has 6 heteroatoms. The highest BCUT2D eigenvalue weighted by atomic mass is 19.1. The Bertz CT molecular complexity index is 476. The second kappa shape index (κ2) is 5.13. The fraction of sp³-hybridized carbons (Fsp3) is 0.462. The average Bonchev–Trinajstić information content (AvgIpc) is 2.75. The number of amides is 1. The molecule has 0 spiro atoms. The lowest BCUT2D eigenvalue weighted by Crippen LogP contribution is -2.46. The predicted molar refractivity (Wildman–Crippen MR) is 67.2 cm³/mol. The molecule has 1 saturated heterocycles. The Hall–Kier alpha value is -1.69. The molecular weight excluding hydrogens is 254 g/mol. The first-order valence-electron chi connectivity index (χ1n) is 6.02. The Labute approximate surface area is 110 Å². The maximum absolute atomic E-state index is 13.6. The second-order valence-electron chi connectivity index (χ2n) is 4.88. The van der Waals surface area contributed by atoms with Gasteiger partial charge in [-0.25, -0.2) is 8.78 Å². The number of hydrogen-bond donors (Lipinski definition) is 2. The van der Waals surface area contributed by atoms with Gasteiger partial charge in [0.1, 0.15) is 17.3 Å². The molecule has 0 saturated carbocycles. The molecule has 0 aromatic heterocycles. The van der Waals surface area contributed by atoms with Gasteiger partial charge in [-0.3, -0.25) is 4.79 Å².